The number of hydrogen-bond donors (Lipinski definition) is 0. The minimum absolute atomic E-state index is 0.0153. The van der Waals surface area contributed by atoms with Crippen LogP contribution in [-0.4, -0.2) is 20.8 Å². The molecule has 0 saturated carbocycles. The van der Waals surface area contributed by atoms with Crippen LogP contribution < -0.4 is 0 Å². The maximum atomic E-state index is 11.4. The van der Waals surface area contributed by atoms with Gasteiger partial charge in [0.1, 0.15) is 5.69 Å². The zero-order valence-corrected chi connectivity index (χ0v) is 8.38. The molecule has 0 N–H and O–H groups in total. The Morgan fingerprint density at radius 1 is 1.54 bits per heavy atom. The summed E-state index contributed by atoms with van der Waals surface area (Å²) in [6.45, 7) is 2.10. The number of unbranched alkanes of at least 4 members (excludes halogenated alkanes) is 1. The van der Waals surface area contributed by atoms with Gasteiger partial charge >= 0.3 is 0 Å². The van der Waals surface area contributed by atoms with E-state index in [0.29, 0.717) is 5.69 Å². The molecule has 0 aliphatic carbocycles. The second-order valence-corrected chi connectivity index (χ2v) is 3.65. The van der Waals surface area contributed by atoms with Crippen LogP contribution in [0.25, 0.3) is 0 Å². The average molecular weight is 196 g/mol. The fourth-order valence-electron chi connectivity index (χ4n) is 0.788. The van der Waals surface area contributed by atoms with Crippen molar-refractivity contribution in [2.75, 3.05) is 5.75 Å². The SMILES string of the molecule is CCCCSC(=O)c1cnccn1. The zero-order chi connectivity index (χ0) is 9.52. The molecular weight excluding hydrogens is 184 g/mol. The molecule has 0 atom stereocenters. The molecule has 0 aliphatic rings. The second kappa shape index (κ2) is 5.70. The van der Waals surface area contributed by atoms with Gasteiger partial charge < -0.3 is 0 Å². The molecule has 1 aromatic rings. The number of thioether (sulfide) groups is 1. The highest BCUT2D eigenvalue weighted by Gasteiger charge is 2.06. The van der Waals surface area contributed by atoms with Gasteiger partial charge in [-0.05, 0) is 6.42 Å². The summed E-state index contributed by atoms with van der Waals surface area (Å²) in [5.41, 5.74) is 0.448. The zero-order valence-electron chi connectivity index (χ0n) is 7.56. The van der Waals surface area contributed by atoms with Crippen molar-refractivity contribution in [3.63, 3.8) is 0 Å². The molecule has 0 saturated heterocycles. The number of carbonyl (C=O) groups is 1. The quantitative estimate of drug-likeness (QED) is 0.692. The lowest BCUT2D eigenvalue weighted by Crippen LogP contribution is -1.98. The van der Waals surface area contributed by atoms with E-state index in [1.807, 2.05) is 0 Å². The Morgan fingerprint density at radius 3 is 3.00 bits per heavy atom. The maximum absolute atomic E-state index is 11.4. The van der Waals surface area contributed by atoms with Crippen LogP contribution >= 0.6 is 11.8 Å². The molecule has 0 aromatic carbocycles. The van der Waals surface area contributed by atoms with Gasteiger partial charge in [-0.2, -0.15) is 0 Å². The van der Waals surface area contributed by atoms with Gasteiger partial charge in [-0.25, -0.2) is 4.98 Å². The van der Waals surface area contributed by atoms with Gasteiger partial charge in [0.25, 0.3) is 0 Å². The van der Waals surface area contributed by atoms with E-state index in [4.69, 9.17) is 0 Å². The smallest absolute Gasteiger partial charge is 0.239 e. The molecule has 1 aromatic heterocycles. The van der Waals surface area contributed by atoms with Crippen molar-refractivity contribution in [3.8, 4) is 0 Å². The van der Waals surface area contributed by atoms with Gasteiger partial charge in [-0.15, -0.1) is 0 Å². The van der Waals surface area contributed by atoms with Crippen molar-refractivity contribution in [1.82, 2.24) is 9.97 Å². The molecule has 0 aliphatic heterocycles. The maximum Gasteiger partial charge on any atom is 0.239 e. The first-order valence-electron chi connectivity index (χ1n) is 4.27. The second-order valence-electron chi connectivity index (χ2n) is 2.58. The fraction of sp³-hybridized carbons (Fsp3) is 0.444. The molecule has 4 heteroatoms. The van der Waals surface area contributed by atoms with Crippen molar-refractivity contribution in [2.24, 2.45) is 0 Å². The lowest BCUT2D eigenvalue weighted by molar-refractivity contribution is 0.108. The van der Waals surface area contributed by atoms with Crippen LogP contribution in [-0.2, 0) is 0 Å². The van der Waals surface area contributed by atoms with E-state index >= 15 is 0 Å². The Labute approximate surface area is 82.0 Å². The van der Waals surface area contributed by atoms with Crippen LogP contribution in [0.4, 0.5) is 0 Å². The minimum Gasteiger partial charge on any atom is -0.280 e. The Balaban J connectivity index is 2.40. The molecule has 1 heterocycles. The van der Waals surface area contributed by atoms with Crippen molar-refractivity contribution >= 4 is 16.9 Å². The predicted molar refractivity (Wildman–Crippen MR) is 53.7 cm³/mol. The van der Waals surface area contributed by atoms with Crippen LogP contribution in [0.1, 0.15) is 30.3 Å². The van der Waals surface area contributed by atoms with Crippen LogP contribution in [0.15, 0.2) is 18.6 Å². The summed E-state index contributed by atoms with van der Waals surface area (Å²) in [7, 11) is 0. The molecule has 0 bridgehead atoms. The van der Waals surface area contributed by atoms with E-state index in [0.717, 1.165) is 18.6 Å². The van der Waals surface area contributed by atoms with Crippen molar-refractivity contribution in [1.29, 1.82) is 0 Å². The number of carbonyl (C=O) groups excluding carboxylic acids is 1. The summed E-state index contributed by atoms with van der Waals surface area (Å²) in [6.07, 6.45) is 6.78. The van der Waals surface area contributed by atoms with Crippen LogP contribution in [0, 0.1) is 0 Å². The highest BCUT2D eigenvalue weighted by Crippen LogP contribution is 2.10. The number of hydrogen-bond acceptors (Lipinski definition) is 4. The minimum atomic E-state index is 0.0153. The van der Waals surface area contributed by atoms with Gasteiger partial charge in [0.05, 0.1) is 6.20 Å². The summed E-state index contributed by atoms with van der Waals surface area (Å²) in [6, 6.07) is 0. The fourth-order valence-corrected chi connectivity index (χ4v) is 1.66. The number of nitrogens with zero attached hydrogens (tertiary/aromatic N) is 2. The summed E-state index contributed by atoms with van der Waals surface area (Å²) >= 11 is 1.31. The van der Waals surface area contributed by atoms with E-state index in [-0.39, 0.29) is 5.12 Å². The van der Waals surface area contributed by atoms with Crippen molar-refractivity contribution in [2.45, 2.75) is 19.8 Å². The van der Waals surface area contributed by atoms with Crippen LogP contribution in [0.3, 0.4) is 0 Å². The highest BCUT2D eigenvalue weighted by atomic mass is 32.2. The van der Waals surface area contributed by atoms with Gasteiger partial charge in [-0.1, -0.05) is 25.1 Å². The van der Waals surface area contributed by atoms with Crippen LogP contribution in [0.2, 0.25) is 0 Å². The van der Waals surface area contributed by atoms with Gasteiger partial charge in [0.2, 0.25) is 5.12 Å². The predicted octanol–water partition coefficient (Wildman–Crippen LogP) is 2.15. The topological polar surface area (TPSA) is 42.9 Å². The molecule has 0 amide bonds. The first-order chi connectivity index (χ1) is 6.34. The van der Waals surface area contributed by atoms with E-state index in [1.165, 1.54) is 24.2 Å². The lowest BCUT2D eigenvalue weighted by atomic mass is 10.4. The third-order valence-corrected chi connectivity index (χ3v) is 2.47. The third kappa shape index (κ3) is 3.55. The number of rotatable bonds is 4. The van der Waals surface area contributed by atoms with E-state index < -0.39 is 0 Å². The van der Waals surface area contributed by atoms with Crippen LogP contribution in [0.5, 0.6) is 0 Å². The van der Waals surface area contributed by atoms with Crippen molar-refractivity contribution < 1.29 is 4.79 Å². The Kier molecular flexibility index (Phi) is 4.46. The summed E-state index contributed by atoms with van der Waals surface area (Å²) in [4.78, 5) is 19.1. The first-order valence-corrected chi connectivity index (χ1v) is 5.26. The van der Waals surface area contributed by atoms with Gasteiger partial charge in [0.15, 0.2) is 0 Å². The standard InChI is InChI=1S/C9H12N2OS/c1-2-3-6-13-9(12)8-7-10-4-5-11-8/h4-5,7H,2-3,6H2,1H3. The summed E-state index contributed by atoms with van der Waals surface area (Å²) in [5.74, 6) is 0.867. The summed E-state index contributed by atoms with van der Waals surface area (Å²) in [5, 5.41) is 0.0153. The molecule has 0 unspecified atom stereocenters. The third-order valence-electron chi connectivity index (χ3n) is 1.50. The van der Waals surface area contributed by atoms with E-state index in [9.17, 15) is 4.79 Å². The molecule has 0 spiro atoms. The molecule has 1 rings (SSSR count). The van der Waals surface area contributed by atoms with Gasteiger partial charge in [-0.3, -0.25) is 9.78 Å². The van der Waals surface area contributed by atoms with Gasteiger partial charge in [0, 0.05) is 18.1 Å². The van der Waals surface area contributed by atoms with Crippen molar-refractivity contribution in [3.05, 3.63) is 24.3 Å². The van der Waals surface area contributed by atoms with E-state index in [2.05, 4.69) is 16.9 Å². The lowest BCUT2D eigenvalue weighted by Gasteiger charge is -1.97. The van der Waals surface area contributed by atoms with E-state index in [1.54, 1.807) is 6.20 Å². The normalized spacial score (nSPS) is 9.92. The Bertz CT molecular complexity index is 264. The monoisotopic (exact) mass is 196 g/mol. The molecule has 3 nitrogen and oxygen atoms in total. The molecule has 0 radical (unpaired) electrons. The largest absolute Gasteiger partial charge is 0.280 e. The Morgan fingerprint density at radius 2 is 2.38 bits per heavy atom. The molecule has 70 valence electrons. The highest BCUT2D eigenvalue weighted by molar-refractivity contribution is 8.14. The average Bonchev–Trinajstić information content (AvgIpc) is 2.19. The summed E-state index contributed by atoms with van der Waals surface area (Å²) < 4.78 is 0. The Hall–Kier alpha value is -0.900. The molecular formula is C9H12N2OS. The molecule has 0 fully saturated rings. The first kappa shape index (κ1) is 10.2. The molecule has 13 heavy (non-hydrogen) atoms. The number of aromatic nitrogens is 2.